The number of hydrogen-bond acceptors (Lipinski definition) is 4. The Morgan fingerprint density at radius 2 is 1.97 bits per heavy atom. The Bertz CT molecular complexity index is 1090. The molecule has 4 rings (SSSR count). The Hall–Kier alpha value is -3.04. The molecule has 0 unspecified atom stereocenters. The van der Waals surface area contributed by atoms with Crippen molar-refractivity contribution in [1.29, 1.82) is 0 Å². The fraction of sp³-hybridized carbons (Fsp3) is 0.500. The van der Waals surface area contributed by atoms with E-state index in [0.717, 1.165) is 23.3 Å². The zero-order valence-electron chi connectivity index (χ0n) is 19.0. The van der Waals surface area contributed by atoms with Gasteiger partial charge in [-0.15, -0.1) is 0 Å². The Labute approximate surface area is 195 Å². The number of carbonyl (C=O) groups excluding carboxylic acids is 2. The van der Waals surface area contributed by atoms with Crippen LogP contribution in [0.5, 0.6) is 0 Å². The minimum absolute atomic E-state index is 0.0180. The summed E-state index contributed by atoms with van der Waals surface area (Å²) in [5.41, 5.74) is 0.558. The maximum Gasteiger partial charge on any atom is 0.417 e. The van der Waals surface area contributed by atoms with E-state index in [9.17, 15) is 27.2 Å². The highest BCUT2D eigenvalue weighted by molar-refractivity contribution is 5.97. The first-order chi connectivity index (χ1) is 16.1. The van der Waals surface area contributed by atoms with Crippen LogP contribution in [0.15, 0.2) is 30.6 Å². The summed E-state index contributed by atoms with van der Waals surface area (Å²) in [6, 6.07) is 3.14. The second kappa shape index (κ2) is 9.31. The number of ketones is 1. The summed E-state index contributed by atoms with van der Waals surface area (Å²) >= 11 is 0. The molecule has 182 valence electrons. The number of nitrogens with zero attached hydrogens (tertiary/aromatic N) is 4. The van der Waals surface area contributed by atoms with Crippen molar-refractivity contribution in [3.8, 4) is 0 Å². The average Bonchev–Trinajstić information content (AvgIpc) is 3.59. The average molecular weight is 478 g/mol. The van der Waals surface area contributed by atoms with Gasteiger partial charge in [0, 0.05) is 18.1 Å². The van der Waals surface area contributed by atoms with Gasteiger partial charge in [0.05, 0.1) is 31.1 Å². The minimum atomic E-state index is -4.75. The lowest BCUT2D eigenvalue weighted by Gasteiger charge is -2.26. The second-order valence-corrected chi connectivity index (χ2v) is 9.07. The van der Waals surface area contributed by atoms with Gasteiger partial charge in [-0.05, 0) is 48.4 Å². The first kappa shape index (κ1) is 24.1. The molecule has 1 saturated heterocycles. The molecule has 1 aliphatic heterocycles. The molecule has 10 heteroatoms. The number of urea groups is 1. The van der Waals surface area contributed by atoms with Crippen molar-refractivity contribution in [3.63, 3.8) is 0 Å². The van der Waals surface area contributed by atoms with E-state index < -0.39 is 35.4 Å². The third-order valence-corrected chi connectivity index (χ3v) is 6.57. The van der Waals surface area contributed by atoms with E-state index in [-0.39, 0.29) is 31.2 Å². The SMILES string of the molecule is CC[C@H](C)[C@H]1CN(c2ncc(C(F)(F)F)cc2F)C(=O)N1CC(=O)Cc1cc(C2CC2)ccn1. The molecule has 0 aromatic carbocycles. The number of pyridine rings is 2. The smallest absolute Gasteiger partial charge is 0.312 e. The maximum atomic E-state index is 14.6. The van der Waals surface area contributed by atoms with E-state index in [1.54, 1.807) is 6.20 Å². The van der Waals surface area contributed by atoms with Crippen LogP contribution in [0.2, 0.25) is 0 Å². The highest BCUT2D eigenvalue weighted by Crippen LogP contribution is 2.40. The lowest BCUT2D eigenvalue weighted by Crippen LogP contribution is -2.42. The van der Waals surface area contributed by atoms with Crippen molar-refractivity contribution in [2.24, 2.45) is 5.92 Å². The number of hydrogen-bond donors (Lipinski definition) is 0. The molecule has 0 N–H and O–H groups in total. The number of Topliss-reactive ketones (excluding diaryl/α,β-unsaturated/α-hetero) is 1. The molecular weight excluding hydrogens is 452 g/mol. The highest BCUT2D eigenvalue weighted by Gasteiger charge is 2.43. The fourth-order valence-corrected chi connectivity index (χ4v) is 4.28. The molecule has 34 heavy (non-hydrogen) atoms. The molecule has 0 spiro atoms. The minimum Gasteiger partial charge on any atom is -0.312 e. The molecular formula is C24H26F4N4O2. The predicted octanol–water partition coefficient (Wildman–Crippen LogP) is 4.98. The van der Waals surface area contributed by atoms with Crippen LogP contribution in [0.3, 0.4) is 0 Å². The van der Waals surface area contributed by atoms with Gasteiger partial charge >= 0.3 is 12.2 Å². The first-order valence-corrected chi connectivity index (χ1v) is 11.4. The monoisotopic (exact) mass is 478 g/mol. The van der Waals surface area contributed by atoms with Gasteiger partial charge in [0.15, 0.2) is 17.4 Å². The van der Waals surface area contributed by atoms with Gasteiger partial charge < -0.3 is 4.90 Å². The summed E-state index contributed by atoms with van der Waals surface area (Å²) < 4.78 is 53.2. The number of anilines is 1. The number of rotatable bonds is 8. The molecule has 2 fully saturated rings. The summed E-state index contributed by atoms with van der Waals surface area (Å²) in [6.45, 7) is 3.69. The van der Waals surface area contributed by atoms with Crippen molar-refractivity contribution >= 4 is 17.6 Å². The van der Waals surface area contributed by atoms with Crippen LogP contribution in [-0.4, -0.2) is 45.8 Å². The first-order valence-electron chi connectivity index (χ1n) is 11.4. The second-order valence-electron chi connectivity index (χ2n) is 9.07. The molecule has 2 aromatic rings. The molecule has 0 radical (unpaired) electrons. The normalized spacial score (nSPS) is 19.6. The van der Waals surface area contributed by atoms with E-state index in [4.69, 9.17) is 0 Å². The molecule has 0 bridgehead atoms. The van der Waals surface area contributed by atoms with Crippen molar-refractivity contribution in [3.05, 3.63) is 53.2 Å². The van der Waals surface area contributed by atoms with Crippen LogP contribution in [0.25, 0.3) is 0 Å². The van der Waals surface area contributed by atoms with E-state index in [0.29, 0.717) is 30.3 Å². The van der Waals surface area contributed by atoms with Crippen LogP contribution in [0.1, 0.15) is 55.8 Å². The van der Waals surface area contributed by atoms with Crippen LogP contribution in [0, 0.1) is 11.7 Å². The standard InChI is InChI=1S/C24H26F4N4O2/c1-3-14(2)21-13-32(22-20(25)9-17(11-30-22)24(26,27)28)23(34)31(21)12-19(33)10-18-8-16(6-7-29-18)15-4-5-15/h6-9,11,14-15,21H,3-5,10,12-13H2,1-2H3/t14-,21+/m0/s1. The van der Waals surface area contributed by atoms with Gasteiger partial charge in [-0.1, -0.05) is 20.3 Å². The van der Waals surface area contributed by atoms with Crippen molar-refractivity contribution in [1.82, 2.24) is 14.9 Å². The molecule has 3 heterocycles. The largest absolute Gasteiger partial charge is 0.417 e. The lowest BCUT2D eigenvalue weighted by molar-refractivity contribution is -0.138. The van der Waals surface area contributed by atoms with E-state index in [2.05, 4.69) is 9.97 Å². The van der Waals surface area contributed by atoms with Gasteiger partial charge in [0.2, 0.25) is 0 Å². The molecule has 2 aromatic heterocycles. The fourth-order valence-electron chi connectivity index (χ4n) is 4.28. The zero-order valence-corrected chi connectivity index (χ0v) is 19.0. The van der Waals surface area contributed by atoms with Gasteiger partial charge in [-0.3, -0.25) is 14.7 Å². The Kier molecular flexibility index (Phi) is 6.60. The van der Waals surface area contributed by atoms with E-state index in [1.807, 2.05) is 26.0 Å². The molecule has 2 atom stereocenters. The topological polar surface area (TPSA) is 66.4 Å². The van der Waals surface area contributed by atoms with E-state index in [1.165, 1.54) is 4.90 Å². The summed E-state index contributed by atoms with van der Waals surface area (Å²) in [6.07, 6.45) is 0.455. The zero-order chi connectivity index (χ0) is 24.6. The number of carbonyl (C=O) groups is 2. The van der Waals surface area contributed by atoms with E-state index >= 15 is 0 Å². The van der Waals surface area contributed by atoms with Crippen LogP contribution in [0.4, 0.5) is 28.2 Å². The van der Waals surface area contributed by atoms with Crippen LogP contribution in [-0.2, 0) is 17.4 Å². The van der Waals surface area contributed by atoms with Crippen LogP contribution < -0.4 is 4.90 Å². The number of alkyl halides is 3. The van der Waals surface area contributed by atoms with Gasteiger partial charge in [0.25, 0.3) is 0 Å². The van der Waals surface area contributed by atoms with Crippen molar-refractivity contribution in [2.45, 2.75) is 57.7 Å². The van der Waals surface area contributed by atoms with Crippen LogP contribution >= 0.6 is 0 Å². The summed E-state index contributed by atoms with van der Waals surface area (Å²) in [5.74, 6) is -1.42. The summed E-state index contributed by atoms with van der Waals surface area (Å²) in [7, 11) is 0. The number of halogens is 4. The molecule has 2 amide bonds. The third kappa shape index (κ3) is 5.05. The molecule has 1 aliphatic carbocycles. The third-order valence-electron chi connectivity index (χ3n) is 6.57. The Balaban J connectivity index is 1.52. The molecule has 2 aliphatic rings. The van der Waals surface area contributed by atoms with Gasteiger partial charge in [-0.25, -0.2) is 14.2 Å². The number of amides is 2. The summed E-state index contributed by atoms with van der Waals surface area (Å²) in [4.78, 5) is 36.3. The van der Waals surface area contributed by atoms with Gasteiger partial charge in [-0.2, -0.15) is 13.2 Å². The predicted molar refractivity (Wildman–Crippen MR) is 117 cm³/mol. The molecule has 1 saturated carbocycles. The number of aromatic nitrogens is 2. The Morgan fingerprint density at radius 3 is 2.59 bits per heavy atom. The maximum absolute atomic E-state index is 14.6. The lowest BCUT2D eigenvalue weighted by atomic mass is 9.98. The van der Waals surface area contributed by atoms with Crippen molar-refractivity contribution < 1.29 is 27.2 Å². The molecule has 6 nitrogen and oxygen atoms in total. The summed E-state index contributed by atoms with van der Waals surface area (Å²) in [5, 5.41) is 0. The van der Waals surface area contributed by atoms with Crippen molar-refractivity contribution in [2.75, 3.05) is 18.0 Å². The highest BCUT2D eigenvalue weighted by atomic mass is 19.4. The Morgan fingerprint density at radius 1 is 1.24 bits per heavy atom. The quantitative estimate of drug-likeness (QED) is 0.502. The van der Waals surface area contributed by atoms with Gasteiger partial charge in [0.1, 0.15) is 0 Å².